The summed E-state index contributed by atoms with van der Waals surface area (Å²) in [6, 6.07) is 8.30. The van der Waals surface area contributed by atoms with Gasteiger partial charge in [-0.3, -0.25) is 14.6 Å². The molecule has 0 aromatic heterocycles. The molecule has 0 saturated heterocycles. The Morgan fingerprint density at radius 2 is 1.84 bits per heavy atom. The SMILES string of the molecule is Cl.NC(N)=NCCC[C@H](OC(=O)CNC(=O)c1ccccc1)C(=O)O. The van der Waals surface area contributed by atoms with E-state index in [9.17, 15) is 14.4 Å². The van der Waals surface area contributed by atoms with Crippen molar-refractivity contribution in [2.24, 2.45) is 16.5 Å². The van der Waals surface area contributed by atoms with E-state index in [1.165, 1.54) is 0 Å². The molecule has 0 aliphatic heterocycles. The summed E-state index contributed by atoms with van der Waals surface area (Å²) in [5.74, 6) is -2.66. The fraction of sp³-hybridized carbons (Fsp3) is 0.333. The summed E-state index contributed by atoms with van der Waals surface area (Å²) in [6.45, 7) is -0.195. The van der Waals surface area contributed by atoms with Gasteiger partial charge in [0.15, 0.2) is 12.1 Å². The van der Waals surface area contributed by atoms with Gasteiger partial charge in [0.2, 0.25) is 0 Å². The second-order valence-corrected chi connectivity index (χ2v) is 4.81. The van der Waals surface area contributed by atoms with Crippen LogP contribution in [0.25, 0.3) is 0 Å². The molecule has 0 bridgehead atoms. The predicted molar refractivity (Wildman–Crippen MR) is 93.4 cm³/mol. The Balaban J connectivity index is 0.00000576. The molecule has 0 aliphatic rings. The summed E-state index contributed by atoms with van der Waals surface area (Å²) in [6.07, 6.45) is -0.927. The smallest absolute Gasteiger partial charge is 0.345 e. The van der Waals surface area contributed by atoms with E-state index in [0.717, 1.165) is 0 Å². The van der Waals surface area contributed by atoms with E-state index >= 15 is 0 Å². The van der Waals surface area contributed by atoms with Crippen LogP contribution in [0, 0.1) is 0 Å². The summed E-state index contributed by atoms with van der Waals surface area (Å²) in [5, 5.41) is 11.4. The molecule has 1 aromatic rings. The zero-order valence-electron chi connectivity index (χ0n) is 13.4. The van der Waals surface area contributed by atoms with Crippen molar-refractivity contribution in [2.75, 3.05) is 13.1 Å². The van der Waals surface area contributed by atoms with Gasteiger partial charge in [-0.2, -0.15) is 0 Å². The van der Waals surface area contributed by atoms with Crippen molar-refractivity contribution in [1.82, 2.24) is 5.32 Å². The van der Waals surface area contributed by atoms with Gasteiger partial charge in [0, 0.05) is 12.1 Å². The summed E-state index contributed by atoms with van der Waals surface area (Å²) in [5.41, 5.74) is 10.7. The van der Waals surface area contributed by atoms with E-state index in [-0.39, 0.29) is 31.3 Å². The number of nitrogens with zero attached hydrogens (tertiary/aromatic N) is 1. The Bertz CT molecular complexity index is 605. The minimum atomic E-state index is -1.32. The number of nitrogens with one attached hydrogen (secondary N) is 1. The Kier molecular flexibility index (Phi) is 10.4. The molecule has 138 valence electrons. The number of carbonyl (C=O) groups is 3. The van der Waals surface area contributed by atoms with Crippen LogP contribution in [0.2, 0.25) is 0 Å². The van der Waals surface area contributed by atoms with Crippen molar-refractivity contribution in [3.63, 3.8) is 0 Å². The molecule has 25 heavy (non-hydrogen) atoms. The van der Waals surface area contributed by atoms with Gasteiger partial charge in [0.05, 0.1) is 0 Å². The van der Waals surface area contributed by atoms with Crippen molar-refractivity contribution in [1.29, 1.82) is 0 Å². The zero-order chi connectivity index (χ0) is 17.9. The third kappa shape index (κ3) is 9.16. The van der Waals surface area contributed by atoms with Crippen LogP contribution >= 0.6 is 12.4 Å². The summed E-state index contributed by atoms with van der Waals surface area (Å²) in [7, 11) is 0. The minimum Gasteiger partial charge on any atom is -0.479 e. The number of carboxylic acids is 1. The summed E-state index contributed by atoms with van der Waals surface area (Å²) < 4.78 is 4.84. The molecule has 0 saturated carbocycles. The van der Waals surface area contributed by atoms with Gasteiger partial charge in [-0.25, -0.2) is 4.79 Å². The molecule has 1 atom stereocenters. The first-order chi connectivity index (χ1) is 11.4. The van der Waals surface area contributed by atoms with Crippen molar-refractivity contribution in [2.45, 2.75) is 18.9 Å². The number of halogens is 1. The summed E-state index contributed by atoms with van der Waals surface area (Å²) in [4.78, 5) is 38.2. The van der Waals surface area contributed by atoms with Crippen molar-refractivity contribution in [3.8, 4) is 0 Å². The maximum absolute atomic E-state index is 11.8. The van der Waals surface area contributed by atoms with Crippen LogP contribution in [0.4, 0.5) is 0 Å². The first-order valence-electron chi connectivity index (χ1n) is 7.21. The van der Waals surface area contributed by atoms with E-state index < -0.39 is 30.5 Å². The fourth-order valence-corrected chi connectivity index (χ4v) is 1.76. The molecule has 1 rings (SSSR count). The number of amides is 1. The van der Waals surface area contributed by atoms with Crippen molar-refractivity contribution in [3.05, 3.63) is 35.9 Å². The molecule has 0 radical (unpaired) electrons. The van der Waals surface area contributed by atoms with E-state index in [2.05, 4.69) is 10.3 Å². The molecule has 0 fully saturated rings. The maximum Gasteiger partial charge on any atom is 0.345 e. The first kappa shape index (κ1) is 22.2. The first-order valence-corrected chi connectivity index (χ1v) is 7.21. The predicted octanol–water partition coefficient (Wildman–Crippen LogP) is -0.112. The van der Waals surface area contributed by atoms with Crippen LogP contribution in [-0.2, 0) is 14.3 Å². The van der Waals surface area contributed by atoms with Gasteiger partial charge < -0.3 is 26.6 Å². The quantitative estimate of drug-likeness (QED) is 0.204. The third-order valence-electron chi connectivity index (χ3n) is 2.90. The van der Waals surface area contributed by atoms with Gasteiger partial charge in [-0.15, -0.1) is 12.4 Å². The standard InChI is InChI=1S/C15H20N4O5.ClH/c16-15(17)18-8-4-7-11(14(22)23)24-12(20)9-19-13(21)10-5-2-1-3-6-10;/h1-3,5-6,11H,4,7-9H2,(H,19,21)(H,22,23)(H4,16,17,18);1H/t11-;/m0./s1. The van der Waals surface area contributed by atoms with Crippen LogP contribution in [0.5, 0.6) is 0 Å². The van der Waals surface area contributed by atoms with E-state index in [4.69, 9.17) is 21.3 Å². The number of nitrogens with two attached hydrogens (primary N) is 2. The number of aliphatic carboxylic acids is 1. The lowest BCUT2D eigenvalue weighted by atomic mass is 10.2. The number of hydrogen-bond acceptors (Lipinski definition) is 5. The number of hydrogen-bond donors (Lipinski definition) is 4. The molecule has 1 amide bonds. The maximum atomic E-state index is 11.8. The molecule has 9 nitrogen and oxygen atoms in total. The Labute approximate surface area is 150 Å². The number of benzene rings is 1. The average Bonchev–Trinajstić information content (AvgIpc) is 2.55. The lowest BCUT2D eigenvalue weighted by Crippen LogP contribution is -2.35. The van der Waals surface area contributed by atoms with Gasteiger partial charge in [0.1, 0.15) is 6.54 Å². The van der Waals surface area contributed by atoms with E-state index in [0.29, 0.717) is 12.0 Å². The number of ether oxygens (including phenoxy) is 1. The molecule has 1 aromatic carbocycles. The number of esters is 1. The van der Waals surface area contributed by atoms with Crippen LogP contribution in [0.15, 0.2) is 35.3 Å². The van der Waals surface area contributed by atoms with Gasteiger partial charge >= 0.3 is 11.9 Å². The molecule has 0 heterocycles. The van der Waals surface area contributed by atoms with Crippen molar-refractivity contribution >= 4 is 36.2 Å². The van der Waals surface area contributed by atoms with Crippen LogP contribution in [-0.4, -0.2) is 48.1 Å². The van der Waals surface area contributed by atoms with Crippen LogP contribution in [0.3, 0.4) is 0 Å². The average molecular weight is 373 g/mol. The highest BCUT2D eigenvalue weighted by Gasteiger charge is 2.22. The number of carbonyl (C=O) groups excluding carboxylic acids is 2. The molecule has 6 N–H and O–H groups in total. The number of carboxylic acid groups (broad SMARTS) is 1. The highest BCUT2D eigenvalue weighted by molar-refractivity contribution is 5.96. The summed E-state index contributed by atoms with van der Waals surface area (Å²) >= 11 is 0. The Hall–Kier alpha value is -2.81. The second kappa shape index (κ2) is 11.7. The molecular formula is C15H21ClN4O5. The largest absolute Gasteiger partial charge is 0.479 e. The molecular weight excluding hydrogens is 352 g/mol. The molecule has 0 spiro atoms. The fourth-order valence-electron chi connectivity index (χ4n) is 1.76. The lowest BCUT2D eigenvalue weighted by Gasteiger charge is -2.13. The van der Waals surface area contributed by atoms with Gasteiger partial charge in [-0.1, -0.05) is 18.2 Å². The van der Waals surface area contributed by atoms with Gasteiger partial charge in [0.25, 0.3) is 5.91 Å². The third-order valence-corrected chi connectivity index (χ3v) is 2.90. The molecule has 0 unspecified atom stereocenters. The highest BCUT2D eigenvalue weighted by atomic mass is 35.5. The van der Waals surface area contributed by atoms with E-state index in [1.54, 1.807) is 30.3 Å². The van der Waals surface area contributed by atoms with E-state index in [1.807, 2.05) is 0 Å². The van der Waals surface area contributed by atoms with Crippen LogP contribution in [0.1, 0.15) is 23.2 Å². The number of guanidine groups is 1. The van der Waals surface area contributed by atoms with Crippen LogP contribution < -0.4 is 16.8 Å². The lowest BCUT2D eigenvalue weighted by molar-refractivity contribution is -0.163. The molecule has 10 heteroatoms. The monoisotopic (exact) mass is 372 g/mol. The van der Waals surface area contributed by atoms with Gasteiger partial charge in [-0.05, 0) is 25.0 Å². The topological polar surface area (TPSA) is 157 Å². The minimum absolute atomic E-state index is 0. The number of rotatable bonds is 9. The number of aliphatic imine (C=N–C) groups is 1. The molecule has 0 aliphatic carbocycles. The highest BCUT2D eigenvalue weighted by Crippen LogP contribution is 2.04. The zero-order valence-corrected chi connectivity index (χ0v) is 14.2. The second-order valence-electron chi connectivity index (χ2n) is 4.81. The normalized spacial score (nSPS) is 10.7. The Morgan fingerprint density at radius 1 is 1.20 bits per heavy atom. The Morgan fingerprint density at radius 3 is 2.40 bits per heavy atom. The van der Waals surface area contributed by atoms with Crippen molar-refractivity contribution < 1.29 is 24.2 Å².